The van der Waals surface area contributed by atoms with Crippen LogP contribution in [0.3, 0.4) is 0 Å². The normalized spacial score (nSPS) is 22.2. The largest absolute Gasteiger partial charge is 0.385 e. The topological polar surface area (TPSA) is 37.3 Å². The van der Waals surface area contributed by atoms with Crippen LogP contribution in [0.1, 0.15) is 52.9 Å². The van der Waals surface area contributed by atoms with Crippen LogP contribution in [-0.4, -0.2) is 16.1 Å². The zero-order chi connectivity index (χ0) is 14.8. The molecule has 0 saturated heterocycles. The van der Waals surface area contributed by atoms with Gasteiger partial charge in [-0.25, -0.2) is 0 Å². The Bertz CT molecular complexity index is 470. The van der Waals surface area contributed by atoms with Gasteiger partial charge in [0.25, 0.3) is 0 Å². The van der Waals surface area contributed by atoms with E-state index in [-0.39, 0.29) is 5.92 Å². The Hall–Kier alpha value is -0.590. The lowest BCUT2D eigenvalue weighted by Gasteiger charge is -2.40. The SMILES string of the molecule is CC(C)(C)[P@](=O)(c1ccccc1)C(O)C1CCCCC1. The van der Waals surface area contributed by atoms with Crippen LogP contribution < -0.4 is 5.30 Å². The third kappa shape index (κ3) is 2.87. The van der Waals surface area contributed by atoms with Crippen LogP contribution in [0.2, 0.25) is 0 Å². The summed E-state index contributed by atoms with van der Waals surface area (Å²) in [5.74, 6) is -0.515. The predicted octanol–water partition coefficient (Wildman–Crippen LogP) is 4.37. The van der Waals surface area contributed by atoms with Gasteiger partial charge in [-0.3, -0.25) is 0 Å². The minimum absolute atomic E-state index is 0.189. The molecule has 112 valence electrons. The van der Waals surface area contributed by atoms with Gasteiger partial charge in [0.05, 0.1) is 0 Å². The summed E-state index contributed by atoms with van der Waals surface area (Å²) in [6.45, 7) is 5.98. The summed E-state index contributed by atoms with van der Waals surface area (Å²) in [5, 5.41) is 11.3. The molecule has 1 N–H and O–H groups in total. The van der Waals surface area contributed by atoms with Gasteiger partial charge in [-0.1, -0.05) is 70.4 Å². The molecular weight excluding hydrogens is 267 g/mol. The Balaban J connectivity index is 2.40. The fraction of sp³-hybridized carbons (Fsp3) is 0.647. The maximum Gasteiger partial charge on any atom is 0.147 e. The minimum Gasteiger partial charge on any atom is -0.385 e. The first kappa shape index (κ1) is 15.8. The first-order valence-electron chi connectivity index (χ1n) is 7.71. The van der Waals surface area contributed by atoms with E-state index in [9.17, 15) is 9.67 Å². The molecule has 2 nitrogen and oxygen atoms in total. The molecule has 2 rings (SSSR count). The molecule has 1 aliphatic carbocycles. The van der Waals surface area contributed by atoms with Gasteiger partial charge >= 0.3 is 0 Å². The fourth-order valence-electron chi connectivity index (χ4n) is 3.32. The van der Waals surface area contributed by atoms with Gasteiger partial charge in [0.1, 0.15) is 13.0 Å². The van der Waals surface area contributed by atoms with Gasteiger partial charge in [-0.05, 0) is 18.8 Å². The van der Waals surface area contributed by atoms with E-state index < -0.39 is 18.1 Å². The average Bonchev–Trinajstić information content (AvgIpc) is 2.46. The lowest BCUT2D eigenvalue weighted by atomic mass is 9.90. The highest BCUT2D eigenvalue weighted by Gasteiger charge is 2.47. The van der Waals surface area contributed by atoms with Crippen molar-refractivity contribution >= 4 is 12.4 Å². The van der Waals surface area contributed by atoms with Gasteiger partial charge in [0.2, 0.25) is 0 Å². The van der Waals surface area contributed by atoms with E-state index in [1.165, 1.54) is 6.42 Å². The quantitative estimate of drug-likeness (QED) is 0.840. The van der Waals surface area contributed by atoms with E-state index in [0.717, 1.165) is 31.0 Å². The molecule has 1 fully saturated rings. The average molecular weight is 294 g/mol. The van der Waals surface area contributed by atoms with E-state index in [0.29, 0.717) is 0 Å². The maximum atomic E-state index is 13.8. The van der Waals surface area contributed by atoms with E-state index in [1.54, 1.807) is 0 Å². The van der Waals surface area contributed by atoms with Crippen LogP contribution in [0, 0.1) is 5.92 Å². The van der Waals surface area contributed by atoms with Gasteiger partial charge in [-0.15, -0.1) is 0 Å². The molecule has 0 aromatic heterocycles. The van der Waals surface area contributed by atoms with E-state index in [4.69, 9.17) is 0 Å². The third-order valence-corrected chi connectivity index (χ3v) is 8.81. The second kappa shape index (κ2) is 6.03. The van der Waals surface area contributed by atoms with Gasteiger partial charge < -0.3 is 9.67 Å². The molecule has 3 heteroatoms. The number of hydrogen-bond acceptors (Lipinski definition) is 2. The van der Waals surface area contributed by atoms with Crippen LogP contribution in [0.25, 0.3) is 0 Å². The summed E-state index contributed by atoms with van der Waals surface area (Å²) in [7, 11) is -2.86. The fourth-order valence-corrected chi connectivity index (χ4v) is 6.70. The molecule has 0 heterocycles. The zero-order valence-electron chi connectivity index (χ0n) is 12.9. The summed E-state index contributed by atoms with van der Waals surface area (Å²) < 4.78 is 13.8. The Morgan fingerprint density at radius 1 is 1.10 bits per heavy atom. The summed E-state index contributed by atoms with van der Waals surface area (Å²) in [6.07, 6.45) is 5.57. The molecule has 0 radical (unpaired) electrons. The highest BCUT2D eigenvalue weighted by molar-refractivity contribution is 7.73. The monoisotopic (exact) mass is 294 g/mol. The van der Waals surface area contributed by atoms with Gasteiger partial charge in [0.15, 0.2) is 0 Å². The van der Waals surface area contributed by atoms with Crippen LogP contribution >= 0.6 is 7.14 Å². The van der Waals surface area contributed by atoms with Crippen molar-refractivity contribution in [2.75, 3.05) is 0 Å². The molecule has 1 aliphatic rings. The minimum atomic E-state index is -2.86. The molecule has 1 aromatic carbocycles. The number of benzene rings is 1. The molecule has 2 atom stereocenters. The maximum absolute atomic E-state index is 13.8. The van der Waals surface area contributed by atoms with Gasteiger partial charge in [-0.2, -0.15) is 0 Å². The summed E-state index contributed by atoms with van der Waals surface area (Å²) in [6, 6.07) is 9.60. The molecule has 1 unspecified atom stereocenters. The van der Waals surface area contributed by atoms with Crippen molar-refractivity contribution in [1.29, 1.82) is 0 Å². The summed E-state index contributed by atoms with van der Waals surface area (Å²) >= 11 is 0. The molecular formula is C17H27O2P. The molecule has 0 bridgehead atoms. The Morgan fingerprint density at radius 2 is 1.65 bits per heavy atom. The summed E-state index contributed by atoms with van der Waals surface area (Å²) in [4.78, 5) is 0. The molecule has 1 aromatic rings. The second-order valence-electron chi connectivity index (χ2n) is 6.98. The number of rotatable bonds is 3. The predicted molar refractivity (Wildman–Crippen MR) is 86.0 cm³/mol. The lowest BCUT2D eigenvalue weighted by Crippen LogP contribution is -2.35. The van der Waals surface area contributed by atoms with Crippen molar-refractivity contribution in [3.63, 3.8) is 0 Å². The molecule has 20 heavy (non-hydrogen) atoms. The standard InChI is InChI=1S/C17H27O2P/c1-17(2,3)20(19,15-12-8-5-9-13-15)16(18)14-10-6-4-7-11-14/h5,8-9,12-14,16,18H,4,6-7,10-11H2,1-3H3/t16?,20-/m0/s1. The van der Waals surface area contributed by atoms with Crippen LogP contribution in [0.5, 0.6) is 0 Å². The van der Waals surface area contributed by atoms with Crippen LogP contribution in [0.4, 0.5) is 0 Å². The van der Waals surface area contributed by atoms with E-state index in [2.05, 4.69) is 0 Å². The van der Waals surface area contributed by atoms with Crippen molar-refractivity contribution in [2.24, 2.45) is 5.92 Å². The van der Waals surface area contributed by atoms with Crippen molar-refractivity contribution in [2.45, 2.75) is 63.9 Å². The first-order chi connectivity index (χ1) is 9.37. The lowest BCUT2D eigenvalue weighted by molar-refractivity contribution is 0.146. The van der Waals surface area contributed by atoms with Crippen LogP contribution in [0.15, 0.2) is 30.3 Å². The first-order valence-corrected chi connectivity index (χ1v) is 9.48. The summed E-state index contributed by atoms with van der Waals surface area (Å²) in [5.41, 5.74) is 0. The number of aliphatic hydroxyl groups is 1. The smallest absolute Gasteiger partial charge is 0.147 e. The molecule has 0 aliphatic heterocycles. The van der Waals surface area contributed by atoms with Crippen molar-refractivity contribution in [3.05, 3.63) is 30.3 Å². The highest BCUT2D eigenvalue weighted by Crippen LogP contribution is 2.62. The van der Waals surface area contributed by atoms with Crippen molar-refractivity contribution in [3.8, 4) is 0 Å². The second-order valence-corrected chi connectivity index (χ2v) is 10.7. The number of aliphatic hydroxyl groups excluding tert-OH is 1. The molecule has 0 amide bonds. The van der Waals surface area contributed by atoms with E-state index in [1.807, 2.05) is 51.1 Å². The van der Waals surface area contributed by atoms with Gasteiger partial charge in [0, 0.05) is 10.5 Å². The number of hydrogen-bond donors (Lipinski definition) is 1. The molecule has 0 spiro atoms. The third-order valence-electron chi connectivity index (χ3n) is 4.58. The highest BCUT2D eigenvalue weighted by atomic mass is 31.2. The van der Waals surface area contributed by atoms with Crippen molar-refractivity contribution in [1.82, 2.24) is 0 Å². The molecule has 1 saturated carbocycles. The Morgan fingerprint density at radius 3 is 2.15 bits per heavy atom. The Kier molecular flexibility index (Phi) is 4.76. The van der Waals surface area contributed by atoms with Crippen LogP contribution in [-0.2, 0) is 4.57 Å². The Labute approximate surface area is 123 Å². The van der Waals surface area contributed by atoms with E-state index >= 15 is 0 Å². The zero-order valence-corrected chi connectivity index (χ0v) is 13.8. The van der Waals surface area contributed by atoms with Crippen molar-refractivity contribution < 1.29 is 9.67 Å².